The summed E-state index contributed by atoms with van der Waals surface area (Å²) >= 11 is 0. The normalized spacial score (nSPS) is 24.9. The van der Waals surface area contributed by atoms with Gasteiger partial charge in [0.15, 0.2) is 0 Å². The number of hydrogen-bond acceptors (Lipinski definition) is 3. The molecule has 1 saturated carbocycles. The summed E-state index contributed by atoms with van der Waals surface area (Å²) in [6.45, 7) is 8.08. The van der Waals surface area contributed by atoms with E-state index in [0.717, 1.165) is 31.5 Å². The van der Waals surface area contributed by atoms with E-state index in [4.69, 9.17) is 4.74 Å². The fourth-order valence-corrected chi connectivity index (χ4v) is 3.85. The number of likely N-dealkylation sites (tertiary alicyclic amines) is 1. The fraction of sp³-hybridized carbons (Fsp3) is 1.00. The smallest absolute Gasteiger partial charge is 0.0474 e. The van der Waals surface area contributed by atoms with Crippen LogP contribution in [0.1, 0.15) is 51.9 Å². The van der Waals surface area contributed by atoms with Crippen LogP contribution in [0.15, 0.2) is 0 Å². The first-order chi connectivity index (χ1) is 9.26. The third-order valence-corrected chi connectivity index (χ3v) is 5.29. The van der Waals surface area contributed by atoms with Crippen molar-refractivity contribution < 1.29 is 4.74 Å². The Balaban J connectivity index is 1.60. The zero-order valence-electron chi connectivity index (χ0n) is 12.9. The number of rotatable bonds is 7. The van der Waals surface area contributed by atoms with Crippen LogP contribution >= 0.6 is 0 Å². The molecule has 1 spiro atoms. The molecule has 0 aromatic rings. The standard InChI is InChI=1S/C16H32N2O/c1-15(14-17-10-5-13-19-2)18-11-8-16(9-12-18)6-3-4-7-16/h15,17H,3-14H2,1-2H3. The molecule has 3 nitrogen and oxygen atoms in total. The van der Waals surface area contributed by atoms with E-state index in [-0.39, 0.29) is 0 Å². The molecule has 2 rings (SSSR count). The van der Waals surface area contributed by atoms with Gasteiger partial charge in [-0.1, -0.05) is 12.8 Å². The zero-order chi connectivity index (χ0) is 13.6. The summed E-state index contributed by atoms with van der Waals surface area (Å²) in [6, 6.07) is 0.682. The minimum atomic E-state index is 0.682. The minimum Gasteiger partial charge on any atom is -0.385 e. The van der Waals surface area contributed by atoms with Crippen LogP contribution in [0.2, 0.25) is 0 Å². The highest BCUT2D eigenvalue weighted by molar-refractivity contribution is 4.90. The van der Waals surface area contributed by atoms with Crippen molar-refractivity contribution >= 4 is 0 Å². The van der Waals surface area contributed by atoms with Gasteiger partial charge in [0.2, 0.25) is 0 Å². The molecule has 1 saturated heterocycles. The average molecular weight is 268 g/mol. The van der Waals surface area contributed by atoms with Crippen LogP contribution in [-0.4, -0.2) is 50.8 Å². The Bertz CT molecular complexity index is 241. The Kier molecular flexibility index (Phi) is 6.11. The number of piperidine rings is 1. The highest BCUT2D eigenvalue weighted by Crippen LogP contribution is 2.46. The molecule has 1 N–H and O–H groups in total. The third-order valence-electron chi connectivity index (χ3n) is 5.29. The summed E-state index contributed by atoms with van der Waals surface area (Å²) in [4.78, 5) is 2.69. The molecule has 0 aromatic carbocycles. The first-order valence-electron chi connectivity index (χ1n) is 8.19. The Labute approximate surface area is 119 Å². The molecule has 112 valence electrons. The molecule has 0 radical (unpaired) electrons. The van der Waals surface area contributed by atoms with E-state index in [1.54, 1.807) is 7.11 Å². The largest absolute Gasteiger partial charge is 0.385 e. The molecule has 0 amide bonds. The van der Waals surface area contributed by atoms with Crippen molar-refractivity contribution in [2.75, 3.05) is 39.9 Å². The van der Waals surface area contributed by atoms with Crippen LogP contribution in [0, 0.1) is 5.41 Å². The molecular weight excluding hydrogens is 236 g/mol. The van der Waals surface area contributed by atoms with Crippen molar-refractivity contribution in [1.29, 1.82) is 0 Å². The van der Waals surface area contributed by atoms with Crippen LogP contribution in [-0.2, 0) is 4.74 Å². The van der Waals surface area contributed by atoms with Gasteiger partial charge in [0, 0.05) is 26.3 Å². The van der Waals surface area contributed by atoms with Gasteiger partial charge in [0.05, 0.1) is 0 Å². The summed E-state index contributed by atoms with van der Waals surface area (Å²) in [5, 5.41) is 3.56. The summed E-state index contributed by atoms with van der Waals surface area (Å²) in [7, 11) is 1.77. The third kappa shape index (κ3) is 4.44. The van der Waals surface area contributed by atoms with Crippen LogP contribution in [0.3, 0.4) is 0 Å². The summed E-state index contributed by atoms with van der Waals surface area (Å²) in [6.07, 6.45) is 9.98. The van der Waals surface area contributed by atoms with Crippen molar-refractivity contribution in [2.45, 2.75) is 57.9 Å². The van der Waals surface area contributed by atoms with Crippen molar-refractivity contribution in [3.63, 3.8) is 0 Å². The molecule has 1 atom stereocenters. The van der Waals surface area contributed by atoms with Crippen molar-refractivity contribution in [2.24, 2.45) is 5.41 Å². The average Bonchev–Trinajstić information content (AvgIpc) is 2.87. The number of nitrogens with zero attached hydrogens (tertiary/aromatic N) is 1. The lowest BCUT2D eigenvalue weighted by Crippen LogP contribution is -2.47. The van der Waals surface area contributed by atoms with Gasteiger partial charge in [0.1, 0.15) is 0 Å². The maximum absolute atomic E-state index is 5.07. The lowest BCUT2D eigenvalue weighted by molar-refractivity contribution is 0.0809. The fourth-order valence-electron chi connectivity index (χ4n) is 3.85. The van der Waals surface area contributed by atoms with Gasteiger partial charge in [0.25, 0.3) is 0 Å². The van der Waals surface area contributed by atoms with E-state index in [9.17, 15) is 0 Å². The minimum absolute atomic E-state index is 0.682. The molecule has 2 aliphatic rings. The maximum atomic E-state index is 5.07. The molecule has 19 heavy (non-hydrogen) atoms. The first kappa shape index (κ1) is 15.3. The molecule has 1 aliphatic carbocycles. The van der Waals surface area contributed by atoms with Gasteiger partial charge >= 0.3 is 0 Å². The summed E-state index contributed by atoms with van der Waals surface area (Å²) in [5.74, 6) is 0. The van der Waals surface area contributed by atoms with E-state index in [1.807, 2.05) is 0 Å². The van der Waals surface area contributed by atoms with Crippen LogP contribution in [0.25, 0.3) is 0 Å². The zero-order valence-corrected chi connectivity index (χ0v) is 12.9. The summed E-state index contributed by atoms with van der Waals surface area (Å²) < 4.78 is 5.07. The second-order valence-corrected chi connectivity index (χ2v) is 6.64. The molecule has 3 heteroatoms. The topological polar surface area (TPSA) is 24.5 Å². The quantitative estimate of drug-likeness (QED) is 0.718. The SMILES string of the molecule is COCCCNCC(C)N1CCC2(CCCC2)CC1. The van der Waals surface area contributed by atoms with Gasteiger partial charge in [-0.25, -0.2) is 0 Å². The number of nitrogens with one attached hydrogen (secondary N) is 1. The maximum Gasteiger partial charge on any atom is 0.0474 e. The van der Waals surface area contributed by atoms with E-state index in [0.29, 0.717) is 6.04 Å². The van der Waals surface area contributed by atoms with Crippen LogP contribution < -0.4 is 5.32 Å². The number of hydrogen-bond donors (Lipinski definition) is 1. The molecule has 0 aromatic heterocycles. The van der Waals surface area contributed by atoms with Crippen LogP contribution in [0.5, 0.6) is 0 Å². The molecular formula is C16H32N2O. The van der Waals surface area contributed by atoms with Crippen molar-refractivity contribution in [3.05, 3.63) is 0 Å². The van der Waals surface area contributed by atoms with Crippen molar-refractivity contribution in [1.82, 2.24) is 10.2 Å². The lowest BCUT2D eigenvalue weighted by Gasteiger charge is -2.42. The Morgan fingerprint density at radius 3 is 2.47 bits per heavy atom. The second kappa shape index (κ2) is 7.61. The molecule has 1 unspecified atom stereocenters. The highest BCUT2D eigenvalue weighted by atomic mass is 16.5. The summed E-state index contributed by atoms with van der Waals surface area (Å²) in [5.41, 5.74) is 0.752. The van der Waals surface area contributed by atoms with Gasteiger partial charge < -0.3 is 10.1 Å². The molecule has 2 fully saturated rings. The highest BCUT2D eigenvalue weighted by Gasteiger charge is 2.37. The van der Waals surface area contributed by atoms with Gasteiger partial charge in [-0.3, -0.25) is 4.90 Å². The van der Waals surface area contributed by atoms with E-state index in [1.165, 1.54) is 51.6 Å². The first-order valence-corrected chi connectivity index (χ1v) is 8.19. The second-order valence-electron chi connectivity index (χ2n) is 6.64. The van der Waals surface area contributed by atoms with Gasteiger partial charge in [-0.05, 0) is 64.1 Å². The Hall–Kier alpha value is -0.120. The lowest BCUT2D eigenvalue weighted by atomic mass is 9.77. The number of ether oxygens (including phenoxy) is 1. The molecule has 0 bridgehead atoms. The van der Waals surface area contributed by atoms with Gasteiger partial charge in [-0.15, -0.1) is 0 Å². The molecule has 1 aliphatic heterocycles. The number of methoxy groups -OCH3 is 1. The Morgan fingerprint density at radius 1 is 1.16 bits per heavy atom. The van der Waals surface area contributed by atoms with E-state index in [2.05, 4.69) is 17.1 Å². The van der Waals surface area contributed by atoms with E-state index < -0.39 is 0 Å². The Morgan fingerprint density at radius 2 is 1.84 bits per heavy atom. The monoisotopic (exact) mass is 268 g/mol. The predicted octanol–water partition coefficient (Wildman–Crippen LogP) is 2.66. The van der Waals surface area contributed by atoms with E-state index >= 15 is 0 Å². The predicted molar refractivity (Wildman–Crippen MR) is 80.5 cm³/mol. The van der Waals surface area contributed by atoms with Crippen molar-refractivity contribution in [3.8, 4) is 0 Å². The molecule has 1 heterocycles. The van der Waals surface area contributed by atoms with Crippen LogP contribution in [0.4, 0.5) is 0 Å². The van der Waals surface area contributed by atoms with Gasteiger partial charge in [-0.2, -0.15) is 0 Å².